The molecule has 0 radical (unpaired) electrons. The van der Waals surface area contributed by atoms with E-state index in [-0.39, 0.29) is 43.4 Å². The summed E-state index contributed by atoms with van der Waals surface area (Å²) >= 11 is 0. The fourth-order valence-electron chi connectivity index (χ4n) is 6.52. The number of carbonyl (C=O) groups excluding carboxylic acids is 1. The zero-order chi connectivity index (χ0) is 43.5. The first-order chi connectivity index (χ1) is 29.3. The largest absolute Gasteiger partial charge is 1.00 e. The first kappa shape index (κ1) is 53.2. The van der Waals surface area contributed by atoms with Gasteiger partial charge in [0, 0.05) is 80.0 Å². The molecule has 4 aromatic heterocycles. The molecule has 0 aromatic carbocycles. The molecule has 3 aliphatic heterocycles. The molecular formula is C44H56AlF6LiN8O3. The number of ether oxygens (including phenoxy) is 1. The number of carbonyl (C=O) groups is 1. The summed E-state index contributed by atoms with van der Waals surface area (Å²) in [5.74, 6) is -0.481. The fourth-order valence-corrected chi connectivity index (χ4v) is 6.52. The summed E-state index contributed by atoms with van der Waals surface area (Å²) in [5, 5.41) is 16.6. The predicted octanol–water partition coefficient (Wildman–Crippen LogP) is 5.01. The molecule has 7 rings (SSSR count). The van der Waals surface area contributed by atoms with Gasteiger partial charge in [0.1, 0.15) is 11.6 Å². The third-order valence-corrected chi connectivity index (χ3v) is 9.84. The number of ketones is 1. The van der Waals surface area contributed by atoms with Crippen LogP contribution >= 0.6 is 0 Å². The van der Waals surface area contributed by atoms with Crippen molar-refractivity contribution in [1.82, 2.24) is 29.9 Å². The molecule has 0 amide bonds. The minimum atomic E-state index is -4.57. The maximum Gasteiger partial charge on any atom is 1.00 e. The average Bonchev–Trinajstić information content (AvgIpc) is 3.86. The Bertz CT molecular complexity index is 2040. The number of aliphatic hydroxyl groups excluding tert-OH is 1. The number of aliphatic hydroxyl groups is 1. The van der Waals surface area contributed by atoms with Crippen LogP contribution in [0.25, 0.3) is 12.2 Å². The van der Waals surface area contributed by atoms with Crippen molar-refractivity contribution in [3.63, 3.8) is 0 Å². The fraction of sp³-hybridized carbons (Fsp3) is 0.477. The van der Waals surface area contributed by atoms with Gasteiger partial charge in [-0.1, -0.05) is 30.7 Å². The zero-order valence-electron chi connectivity index (χ0n) is 35.9. The number of anilines is 2. The third-order valence-electron chi connectivity index (χ3n) is 9.84. The van der Waals surface area contributed by atoms with Crippen molar-refractivity contribution >= 4 is 46.9 Å². The molecule has 3 N–H and O–H groups in total. The summed E-state index contributed by atoms with van der Waals surface area (Å²) < 4.78 is 79.4. The van der Waals surface area contributed by atoms with Crippen LogP contribution in [-0.2, 0) is 47.6 Å². The van der Waals surface area contributed by atoms with E-state index in [2.05, 4.69) is 58.7 Å². The van der Waals surface area contributed by atoms with Crippen LogP contribution in [0.4, 0.5) is 38.0 Å². The molecule has 63 heavy (non-hydrogen) atoms. The molecule has 3 aliphatic rings. The van der Waals surface area contributed by atoms with Crippen molar-refractivity contribution in [1.29, 1.82) is 0 Å². The van der Waals surface area contributed by atoms with Crippen molar-refractivity contribution in [2.75, 3.05) is 36.9 Å². The van der Waals surface area contributed by atoms with Crippen molar-refractivity contribution in [3.8, 4) is 0 Å². The number of allylic oxidation sites excluding steroid dienone is 1. The van der Waals surface area contributed by atoms with E-state index < -0.39 is 30.1 Å². The van der Waals surface area contributed by atoms with Crippen molar-refractivity contribution in [3.05, 3.63) is 106 Å². The number of hydrogen-bond donors (Lipinski definition) is 3. The SMILES string of the molecule is C1CCOC1.O=C(/C=C/c1cnc(C(F)(F)F)nc1)CCCCc1ccc2c(n1)NCCC2.OC(/C=C/c1cnc(C(F)(F)F)nc1)CCCCc1ccc2c(n1)NCCC2.[AlH3].[H-].[Li+]. The first-order valence-electron chi connectivity index (χ1n) is 20.7. The van der Waals surface area contributed by atoms with E-state index in [0.717, 1.165) is 138 Å². The number of nitrogens with one attached hydrogen (secondary N) is 2. The van der Waals surface area contributed by atoms with Crippen LogP contribution in [0.1, 0.15) is 111 Å². The second kappa shape index (κ2) is 27.2. The van der Waals surface area contributed by atoms with Crippen LogP contribution in [0.5, 0.6) is 0 Å². The number of unbranched alkanes of at least 4 members (excludes halogenated alkanes) is 2. The molecule has 1 saturated heterocycles. The topological polar surface area (TPSA) is 148 Å². The molecule has 7 heterocycles. The van der Waals surface area contributed by atoms with Gasteiger partial charge in [-0.15, -0.1) is 0 Å². The molecule has 1 unspecified atom stereocenters. The summed E-state index contributed by atoms with van der Waals surface area (Å²) in [4.78, 5) is 34.3. The third kappa shape index (κ3) is 19.2. The maximum atomic E-state index is 12.4. The first-order valence-corrected chi connectivity index (χ1v) is 20.7. The van der Waals surface area contributed by atoms with E-state index in [4.69, 9.17) is 4.74 Å². The molecular weight excluding hydrogens is 836 g/mol. The van der Waals surface area contributed by atoms with E-state index in [1.165, 1.54) is 42.2 Å². The normalized spacial score (nSPS) is 14.9. The molecule has 0 saturated carbocycles. The summed E-state index contributed by atoms with van der Waals surface area (Å²) in [6, 6.07) is 8.35. The van der Waals surface area contributed by atoms with Gasteiger partial charge in [-0.2, -0.15) is 26.3 Å². The Kier molecular flexibility index (Phi) is 23.0. The van der Waals surface area contributed by atoms with Gasteiger partial charge >= 0.3 is 31.2 Å². The van der Waals surface area contributed by atoms with E-state index in [1.54, 1.807) is 6.08 Å². The van der Waals surface area contributed by atoms with E-state index in [9.17, 15) is 36.2 Å². The molecule has 4 aromatic rings. The Morgan fingerprint density at radius 2 is 1.19 bits per heavy atom. The van der Waals surface area contributed by atoms with Gasteiger partial charge in [0.25, 0.3) is 0 Å². The van der Waals surface area contributed by atoms with Crippen molar-refractivity contribution in [2.24, 2.45) is 0 Å². The van der Waals surface area contributed by atoms with Gasteiger partial charge in [0.05, 0.1) is 6.10 Å². The minimum Gasteiger partial charge on any atom is -1.00 e. The molecule has 0 bridgehead atoms. The second-order valence-electron chi connectivity index (χ2n) is 14.9. The van der Waals surface area contributed by atoms with Gasteiger partial charge in [-0.25, -0.2) is 29.9 Å². The molecule has 1 atom stereocenters. The number of fused-ring (bicyclic) bond motifs is 2. The molecule has 19 heteroatoms. The van der Waals surface area contributed by atoms with Gasteiger partial charge in [0.15, 0.2) is 23.1 Å². The maximum absolute atomic E-state index is 12.4. The number of aromatic nitrogens is 6. The van der Waals surface area contributed by atoms with Crippen LogP contribution in [0, 0.1) is 0 Å². The molecule has 11 nitrogen and oxygen atoms in total. The summed E-state index contributed by atoms with van der Waals surface area (Å²) in [7, 11) is 0. The molecule has 1 fully saturated rings. The predicted molar refractivity (Wildman–Crippen MR) is 231 cm³/mol. The number of halogens is 6. The number of aryl methyl sites for hydroxylation is 4. The molecule has 336 valence electrons. The van der Waals surface area contributed by atoms with Crippen molar-refractivity contribution in [2.45, 2.75) is 108 Å². The van der Waals surface area contributed by atoms with E-state index in [1.807, 2.05) is 6.07 Å². The summed E-state index contributed by atoms with van der Waals surface area (Å²) in [5.41, 5.74) is 5.34. The number of rotatable bonds is 14. The Balaban J connectivity index is 0.000000379. The molecule has 0 aliphatic carbocycles. The number of pyridine rings is 2. The van der Waals surface area contributed by atoms with Gasteiger partial charge in [0.2, 0.25) is 11.6 Å². The number of alkyl halides is 6. The summed E-state index contributed by atoms with van der Waals surface area (Å²) in [6.07, 6.45) is 13.2. The Hall–Kier alpha value is -4.16. The minimum absolute atomic E-state index is 0. The quantitative estimate of drug-likeness (QED) is 0.0680. The van der Waals surface area contributed by atoms with Gasteiger partial charge in [-0.05, 0) is 112 Å². The van der Waals surface area contributed by atoms with Crippen LogP contribution in [0.15, 0.2) is 61.2 Å². The van der Waals surface area contributed by atoms with E-state index in [0.29, 0.717) is 24.0 Å². The van der Waals surface area contributed by atoms with Crippen LogP contribution in [0.2, 0.25) is 0 Å². The second-order valence-corrected chi connectivity index (χ2v) is 14.9. The number of hydrogen-bond acceptors (Lipinski definition) is 11. The smallest absolute Gasteiger partial charge is 1.00 e. The average molecular weight is 893 g/mol. The monoisotopic (exact) mass is 892 g/mol. The van der Waals surface area contributed by atoms with Crippen LogP contribution in [0.3, 0.4) is 0 Å². The van der Waals surface area contributed by atoms with Crippen LogP contribution < -0.4 is 29.5 Å². The number of nitrogens with zero attached hydrogens (tertiary/aromatic N) is 6. The standard InChI is InChI=1S/C20H23F3N4O.C20H21F3N4O.C4H8O.Al.Li.4H/c2*21-20(22,23)19-25-12-14(13-26-19)7-10-17(28)6-2-1-5-16-9-8-15-4-3-11-24-18(15)27-16;1-2-4-5-3-1;;;;;;/h7-10,12-13,17,28H,1-6,11H2,(H,24,27);7-10,12-13H,1-6,11H2,(H,24,27);1-4H2;;;;;;/q;;;;+1;;;;-1/b2*10-7+;;;;;;;. The summed E-state index contributed by atoms with van der Waals surface area (Å²) in [6.45, 7) is 3.92. The van der Waals surface area contributed by atoms with Gasteiger partial charge in [-0.3, -0.25) is 4.79 Å². The zero-order valence-corrected chi connectivity index (χ0v) is 34.9. The molecule has 0 spiro atoms. The Morgan fingerprint density at radius 1 is 0.714 bits per heavy atom. The van der Waals surface area contributed by atoms with Gasteiger partial charge < -0.3 is 21.9 Å². The Morgan fingerprint density at radius 3 is 1.65 bits per heavy atom. The van der Waals surface area contributed by atoms with Crippen molar-refractivity contribution < 1.29 is 61.3 Å². The Labute approximate surface area is 388 Å². The van der Waals surface area contributed by atoms with Crippen LogP contribution in [-0.4, -0.2) is 90.6 Å². The van der Waals surface area contributed by atoms with E-state index >= 15 is 0 Å².